The number of aromatic nitrogens is 1. The number of aliphatic hydroxyl groups excluding tert-OH is 1. The first-order valence-electron chi connectivity index (χ1n) is 9.89. The van der Waals surface area contributed by atoms with Gasteiger partial charge in [-0.15, -0.1) is 0 Å². The van der Waals surface area contributed by atoms with Crippen LogP contribution < -0.4 is 0 Å². The van der Waals surface area contributed by atoms with Gasteiger partial charge < -0.3 is 15.1 Å². The zero-order valence-corrected chi connectivity index (χ0v) is 16.1. The van der Waals surface area contributed by atoms with E-state index in [0.29, 0.717) is 24.3 Å². The summed E-state index contributed by atoms with van der Waals surface area (Å²) in [5, 5.41) is 20.3. The van der Waals surface area contributed by atoms with Crippen LogP contribution in [0.1, 0.15) is 35.0 Å². The summed E-state index contributed by atoms with van der Waals surface area (Å²) in [5.41, 5.74) is 3.09. The number of benzene rings is 2. The summed E-state index contributed by atoms with van der Waals surface area (Å²) in [6, 6.07) is 20.1. The first-order chi connectivity index (χ1) is 14.1. The lowest BCUT2D eigenvalue weighted by molar-refractivity contribution is 0.0447. The van der Waals surface area contributed by atoms with E-state index in [9.17, 15) is 15.0 Å². The number of phenolic OH excluding ortho intramolecular Hbond substituents is 1. The van der Waals surface area contributed by atoms with Gasteiger partial charge in [0.25, 0.3) is 5.91 Å². The van der Waals surface area contributed by atoms with Crippen molar-refractivity contribution in [3.05, 3.63) is 84.2 Å². The topological polar surface area (TPSA) is 73.7 Å². The van der Waals surface area contributed by atoms with Gasteiger partial charge >= 0.3 is 0 Å². The van der Waals surface area contributed by atoms with Crippen molar-refractivity contribution < 1.29 is 15.0 Å². The van der Waals surface area contributed by atoms with Gasteiger partial charge in [-0.25, -0.2) is 0 Å². The average molecular weight is 388 g/mol. The van der Waals surface area contributed by atoms with Crippen LogP contribution in [0, 0.1) is 5.92 Å². The smallest absolute Gasteiger partial charge is 0.253 e. The number of amides is 1. The number of aliphatic hydroxyl groups is 1. The molecule has 0 radical (unpaired) electrons. The van der Waals surface area contributed by atoms with E-state index >= 15 is 0 Å². The van der Waals surface area contributed by atoms with E-state index in [4.69, 9.17) is 0 Å². The monoisotopic (exact) mass is 388 g/mol. The molecule has 1 aliphatic rings. The number of carbonyl (C=O) groups is 1. The summed E-state index contributed by atoms with van der Waals surface area (Å²) >= 11 is 0. The lowest BCUT2D eigenvalue weighted by Crippen LogP contribution is -2.39. The van der Waals surface area contributed by atoms with E-state index < -0.39 is 6.10 Å². The number of pyridine rings is 1. The number of rotatable bonds is 4. The average Bonchev–Trinajstić information content (AvgIpc) is 2.79. The van der Waals surface area contributed by atoms with Crippen molar-refractivity contribution in [1.29, 1.82) is 0 Å². The van der Waals surface area contributed by atoms with Gasteiger partial charge in [0.05, 0.1) is 11.8 Å². The largest absolute Gasteiger partial charge is 0.508 e. The molecule has 0 aliphatic carbocycles. The van der Waals surface area contributed by atoms with Crippen LogP contribution in [0.15, 0.2) is 72.9 Å². The van der Waals surface area contributed by atoms with Crippen molar-refractivity contribution >= 4 is 5.91 Å². The predicted molar refractivity (Wildman–Crippen MR) is 111 cm³/mol. The van der Waals surface area contributed by atoms with Gasteiger partial charge in [-0.2, -0.15) is 0 Å². The molecule has 0 bridgehead atoms. The third-order valence-corrected chi connectivity index (χ3v) is 5.55. The van der Waals surface area contributed by atoms with Crippen molar-refractivity contribution in [3.63, 3.8) is 0 Å². The summed E-state index contributed by atoms with van der Waals surface area (Å²) in [4.78, 5) is 19.1. The van der Waals surface area contributed by atoms with E-state index in [2.05, 4.69) is 4.98 Å². The summed E-state index contributed by atoms with van der Waals surface area (Å²) in [6.07, 6.45) is 2.59. The predicted octanol–water partition coefficient (Wildman–Crippen LogP) is 4.04. The molecule has 4 rings (SSSR count). The minimum Gasteiger partial charge on any atom is -0.508 e. The van der Waals surface area contributed by atoms with Gasteiger partial charge in [0.1, 0.15) is 5.75 Å². The zero-order valence-electron chi connectivity index (χ0n) is 16.1. The molecule has 148 valence electrons. The van der Waals surface area contributed by atoms with Crippen molar-refractivity contribution in [2.45, 2.75) is 18.9 Å². The molecule has 1 saturated heterocycles. The minimum atomic E-state index is -0.595. The molecule has 2 aromatic carbocycles. The first kappa shape index (κ1) is 19.2. The maximum Gasteiger partial charge on any atom is 0.253 e. The van der Waals surface area contributed by atoms with Crippen LogP contribution in [0.4, 0.5) is 0 Å². The van der Waals surface area contributed by atoms with Crippen molar-refractivity contribution in [3.8, 4) is 16.9 Å². The Labute approximate surface area is 170 Å². The van der Waals surface area contributed by atoms with E-state index in [-0.39, 0.29) is 17.6 Å². The number of likely N-dealkylation sites (tertiary alicyclic amines) is 1. The highest BCUT2D eigenvalue weighted by atomic mass is 16.3. The fraction of sp³-hybridized carbons (Fsp3) is 0.250. The van der Waals surface area contributed by atoms with Gasteiger partial charge in [0.15, 0.2) is 0 Å². The normalized spacial score (nSPS) is 15.8. The van der Waals surface area contributed by atoms with Gasteiger partial charge in [-0.1, -0.05) is 30.3 Å². The molecule has 0 unspecified atom stereocenters. The van der Waals surface area contributed by atoms with Crippen molar-refractivity contribution in [2.24, 2.45) is 5.92 Å². The number of phenols is 1. The third-order valence-electron chi connectivity index (χ3n) is 5.55. The Balaban J connectivity index is 1.43. The number of carbonyl (C=O) groups excluding carboxylic acids is 1. The summed E-state index contributed by atoms with van der Waals surface area (Å²) in [7, 11) is 0. The van der Waals surface area contributed by atoms with Gasteiger partial charge in [0.2, 0.25) is 0 Å². The molecule has 5 heteroatoms. The van der Waals surface area contributed by atoms with Crippen LogP contribution in [0.25, 0.3) is 11.1 Å². The first-order valence-corrected chi connectivity index (χ1v) is 9.89. The lowest BCUT2D eigenvalue weighted by Gasteiger charge is -2.34. The molecule has 1 aromatic heterocycles. The highest BCUT2D eigenvalue weighted by Gasteiger charge is 2.29. The molecule has 0 saturated carbocycles. The Hall–Kier alpha value is -3.18. The van der Waals surface area contributed by atoms with Gasteiger partial charge in [-0.3, -0.25) is 9.78 Å². The second kappa shape index (κ2) is 8.45. The van der Waals surface area contributed by atoms with E-state index in [0.717, 1.165) is 24.0 Å². The number of aromatic hydroxyl groups is 1. The Bertz CT molecular complexity index is 982. The van der Waals surface area contributed by atoms with Crippen LogP contribution in [-0.2, 0) is 0 Å². The molecule has 2 N–H and O–H groups in total. The second-order valence-electron chi connectivity index (χ2n) is 7.46. The van der Waals surface area contributed by atoms with Crippen LogP contribution in [0.5, 0.6) is 5.75 Å². The Kier molecular flexibility index (Phi) is 5.58. The number of piperidine rings is 1. The molecular formula is C24H24N2O3. The molecule has 1 aliphatic heterocycles. The van der Waals surface area contributed by atoms with Gasteiger partial charge in [-0.05, 0) is 66.3 Å². The minimum absolute atomic E-state index is 0.00206. The fourth-order valence-corrected chi connectivity index (χ4v) is 3.91. The van der Waals surface area contributed by atoms with E-state index in [1.807, 2.05) is 53.4 Å². The van der Waals surface area contributed by atoms with Crippen LogP contribution >= 0.6 is 0 Å². The number of hydrogen-bond acceptors (Lipinski definition) is 4. The van der Waals surface area contributed by atoms with Crippen LogP contribution in [0.2, 0.25) is 0 Å². The molecule has 1 atom stereocenters. The van der Waals surface area contributed by atoms with Crippen molar-refractivity contribution in [2.75, 3.05) is 13.1 Å². The van der Waals surface area contributed by atoms with Crippen molar-refractivity contribution in [1.82, 2.24) is 9.88 Å². The Morgan fingerprint density at radius 2 is 1.69 bits per heavy atom. The molecule has 5 nitrogen and oxygen atoms in total. The molecule has 0 spiro atoms. The fourth-order valence-electron chi connectivity index (χ4n) is 3.91. The lowest BCUT2D eigenvalue weighted by atomic mass is 9.89. The molecule has 1 amide bonds. The van der Waals surface area contributed by atoms with Crippen LogP contribution in [-0.4, -0.2) is 39.1 Å². The summed E-state index contributed by atoms with van der Waals surface area (Å²) in [5.74, 6) is 0.304. The quantitative estimate of drug-likeness (QED) is 0.707. The SMILES string of the molecule is O=C(c1cccc(-c2cccc(O)c2)c1)N1CCC([C@H](O)c2ccccn2)CC1. The summed E-state index contributed by atoms with van der Waals surface area (Å²) in [6.45, 7) is 1.23. The molecular weight excluding hydrogens is 364 g/mol. The molecule has 29 heavy (non-hydrogen) atoms. The van der Waals surface area contributed by atoms with Crippen LogP contribution in [0.3, 0.4) is 0 Å². The van der Waals surface area contributed by atoms with Gasteiger partial charge in [0, 0.05) is 24.8 Å². The zero-order chi connectivity index (χ0) is 20.2. The standard InChI is InChI=1S/C24H24N2O3/c27-21-8-4-6-19(16-21)18-5-3-7-20(15-18)24(29)26-13-10-17(11-14-26)23(28)22-9-1-2-12-25-22/h1-9,12,15-17,23,27-28H,10-11,13-14H2/t23-/m0/s1. The van der Waals surface area contributed by atoms with E-state index in [1.54, 1.807) is 24.4 Å². The molecule has 1 fully saturated rings. The maximum atomic E-state index is 13.0. The number of hydrogen-bond donors (Lipinski definition) is 2. The Morgan fingerprint density at radius 1 is 0.966 bits per heavy atom. The molecule has 2 heterocycles. The second-order valence-corrected chi connectivity index (χ2v) is 7.46. The Morgan fingerprint density at radius 3 is 2.38 bits per heavy atom. The molecule has 3 aromatic rings. The highest BCUT2D eigenvalue weighted by molar-refractivity contribution is 5.95. The number of nitrogens with zero attached hydrogens (tertiary/aromatic N) is 2. The van der Waals surface area contributed by atoms with E-state index in [1.165, 1.54) is 0 Å². The maximum absolute atomic E-state index is 13.0. The highest BCUT2D eigenvalue weighted by Crippen LogP contribution is 2.30. The summed E-state index contributed by atoms with van der Waals surface area (Å²) < 4.78 is 0. The third kappa shape index (κ3) is 4.30.